The second kappa shape index (κ2) is 14.1. The number of nitrogens with zero attached hydrogens (tertiary/aromatic N) is 2. The Balaban J connectivity index is 1.48. The Morgan fingerprint density at radius 1 is 0.936 bits per heavy atom. The van der Waals surface area contributed by atoms with Crippen LogP contribution in [0.25, 0.3) is 11.8 Å². The quantitative estimate of drug-likeness (QED) is 0.159. The number of hydrogen-bond acceptors (Lipinski definition) is 7. The molecule has 6 rings (SSSR count). The monoisotopic (exact) mass is 644 g/mol. The first-order valence-electron chi connectivity index (χ1n) is 15.6. The molecule has 238 valence electrons. The van der Waals surface area contributed by atoms with E-state index in [0.29, 0.717) is 44.6 Å². The van der Waals surface area contributed by atoms with Crippen molar-refractivity contribution in [2.24, 2.45) is 4.99 Å². The number of esters is 1. The molecule has 1 aromatic heterocycles. The van der Waals surface area contributed by atoms with Gasteiger partial charge in [-0.1, -0.05) is 116 Å². The van der Waals surface area contributed by atoms with Crippen LogP contribution in [0.1, 0.15) is 60.5 Å². The number of benzene rings is 4. The van der Waals surface area contributed by atoms with Gasteiger partial charge in [-0.25, -0.2) is 9.79 Å². The van der Waals surface area contributed by atoms with Gasteiger partial charge in [-0.3, -0.25) is 9.36 Å². The van der Waals surface area contributed by atoms with Crippen LogP contribution in [0.4, 0.5) is 0 Å². The SMILES string of the molecule is CCOC(=O)C1=C(c2ccccc2)N=c2s/c(=C\c3ccc(OCc4ccccc4)c(OC)c3)c(=O)n2C1c1ccc(C(C)C)cc1. The van der Waals surface area contributed by atoms with E-state index >= 15 is 0 Å². The van der Waals surface area contributed by atoms with Crippen molar-refractivity contribution in [1.82, 2.24) is 4.57 Å². The number of aromatic nitrogens is 1. The van der Waals surface area contributed by atoms with Gasteiger partial charge in [-0.05, 0) is 53.3 Å². The summed E-state index contributed by atoms with van der Waals surface area (Å²) in [6.07, 6.45) is 1.82. The highest BCUT2D eigenvalue weighted by Gasteiger charge is 2.35. The number of rotatable bonds is 10. The number of carbonyl (C=O) groups is 1. The molecule has 5 aromatic rings. The molecule has 8 heteroatoms. The Bertz CT molecular complexity index is 2100. The van der Waals surface area contributed by atoms with E-state index in [1.54, 1.807) is 18.6 Å². The summed E-state index contributed by atoms with van der Waals surface area (Å²) in [5, 5.41) is 0. The predicted octanol–water partition coefficient (Wildman–Crippen LogP) is 6.65. The van der Waals surface area contributed by atoms with Crippen LogP contribution in [0.5, 0.6) is 11.5 Å². The highest BCUT2D eigenvalue weighted by atomic mass is 32.1. The van der Waals surface area contributed by atoms with Gasteiger partial charge in [0, 0.05) is 5.56 Å². The van der Waals surface area contributed by atoms with Crippen LogP contribution in [0.3, 0.4) is 0 Å². The minimum atomic E-state index is -0.729. The Morgan fingerprint density at radius 2 is 1.64 bits per heavy atom. The summed E-state index contributed by atoms with van der Waals surface area (Å²) in [5.74, 6) is 0.990. The van der Waals surface area contributed by atoms with Gasteiger partial charge in [-0.15, -0.1) is 0 Å². The molecular formula is C39H36N2O5S. The molecule has 0 amide bonds. The molecule has 7 nitrogen and oxygen atoms in total. The van der Waals surface area contributed by atoms with Gasteiger partial charge in [0.25, 0.3) is 5.56 Å². The van der Waals surface area contributed by atoms with Gasteiger partial charge < -0.3 is 14.2 Å². The normalized spacial score (nSPS) is 14.5. The topological polar surface area (TPSA) is 79.1 Å². The fourth-order valence-corrected chi connectivity index (χ4v) is 6.60. The molecule has 4 aromatic carbocycles. The van der Waals surface area contributed by atoms with E-state index in [2.05, 4.69) is 26.0 Å². The number of ether oxygens (including phenoxy) is 3. The van der Waals surface area contributed by atoms with Gasteiger partial charge >= 0.3 is 5.97 Å². The zero-order chi connectivity index (χ0) is 32.9. The third kappa shape index (κ3) is 6.69. The van der Waals surface area contributed by atoms with Crippen molar-refractivity contribution in [2.75, 3.05) is 13.7 Å². The lowest BCUT2D eigenvalue weighted by atomic mass is 9.91. The van der Waals surface area contributed by atoms with Crippen molar-refractivity contribution in [3.05, 3.63) is 156 Å². The fourth-order valence-electron chi connectivity index (χ4n) is 5.60. The van der Waals surface area contributed by atoms with Crippen LogP contribution >= 0.6 is 11.3 Å². The minimum absolute atomic E-state index is 0.195. The first-order valence-corrected chi connectivity index (χ1v) is 16.4. The average molecular weight is 645 g/mol. The van der Waals surface area contributed by atoms with E-state index in [1.165, 1.54) is 11.3 Å². The summed E-state index contributed by atoms with van der Waals surface area (Å²) in [7, 11) is 1.59. The van der Waals surface area contributed by atoms with E-state index < -0.39 is 12.0 Å². The van der Waals surface area contributed by atoms with Gasteiger partial charge in [0.2, 0.25) is 0 Å². The lowest BCUT2D eigenvalue weighted by molar-refractivity contribution is -0.138. The maximum Gasteiger partial charge on any atom is 0.338 e. The van der Waals surface area contributed by atoms with Gasteiger partial charge in [0.1, 0.15) is 6.61 Å². The van der Waals surface area contributed by atoms with Gasteiger partial charge in [-0.2, -0.15) is 0 Å². The molecule has 0 spiro atoms. The van der Waals surface area contributed by atoms with E-state index in [4.69, 9.17) is 19.2 Å². The Hall–Kier alpha value is -5.21. The highest BCUT2D eigenvalue weighted by molar-refractivity contribution is 7.07. The molecule has 0 N–H and O–H groups in total. The molecule has 1 aliphatic rings. The summed E-state index contributed by atoms with van der Waals surface area (Å²) < 4.78 is 19.4. The smallest absolute Gasteiger partial charge is 0.338 e. The third-order valence-corrected chi connectivity index (χ3v) is 9.00. The van der Waals surface area contributed by atoms with Crippen LogP contribution in [0.15, 0.2) is 118 Å². The van der Waals surface area contributed by atoms with Crippen molar-refractivity contribution >= 4 is 29.1 Å². The van der Waals surface area contributed by atoms with E-state index in [-0.39, 0.29) is 12.2 Å². The molecular weight excluding hydrogens is 609 g/mol. The molecule has 0 saturated carbocycles. The van der Waals surface area contributed by atoms with Crippen LogP contribution in [0.2, 0.25) is 0 Å². The molecule has 1 unspecified atom stereocenters. The second-order valence-electron chi connectivity index (χ2n) is 11.4. The minimum Gasteiger partial charge on any atom is -0.493 e. The predicted molar refractivity (Wildman–Crippen MR) is 185 cm³/mol. The van der Waals surface area contributed by atoms with Crippen LogP contribution in [0, 0.1) is 0 Å². The first-order chi connectivity index (χ1) is 22.9. The molecule has 47 heavy (non-hydrogen) atoms. The third-order valence-electron chi connectivity index (χ3n) is 8.02. The van der Waals surface area contributed by atoms with Crippen LogP contribution < -0.4 is 24.4 Å². The van der Waals surface area contributed by atoms with Crippen molar-refractivity contribution in [3.63, 3.8) is 0 Å². The van der Waals surface area contributed by atoms with E-state index in [9.17, 15) is 9.59 Å². The maximum atomic E-state index is 14.3. The highest BCUT2D eigenvalue weighted by Crippen LogP contribution is 2.36. The molecule has 0 aliphatic carbocycles. The van der Waals surface area contributed by atoms with Crippen molar-refractivity contribution in [3.8, 4) is 11.5 Å². The zero-order valence-electron chi connectivity index (χ0n) is 26.8. The van der Waals surface area contributed by atoms with Crippen molar-refractivity contribution < 1.29 is 19.0 Å². The van der Waals surface area contributed by atoms with Gasteiger partial charge in [0.15, 0.2) is 16.3 Å². The standard InChI is InChI=1S/C39H36N2O5S/c1-5-45-38(43)34-35(29-14-10-7-11-15-29)40-39-41(36(34)30-19-17-28(18-20-30)25(2)3)37(42)33(47-39)23-27-16-21-31(32(22-27)44-4)46-24-26-12-8-6-9-13-26/h6-23,25,36H,5,24H2,1-4H3/b33-23-. The summed E-state index contributed by atoms with van der Waals surface area (Å²) in [5.41, 5.74) is 5.13. The summed E-state index contributed by atoms with van der Waals surface area (Å²) in [6, 6.07) is 32.4. The van der Waals surface area contributed by atoms with E-state index in [1.807, 2.05) is 97.1 Å². The summed E-state index contributed by atoms with van der Waals surface area (Å²) in [4.78, 5) is 33.4. The Labute approximate surface area is 277 Å². The first kappa shape index (κ1) is 31.8. The number of hydrogen-bond donors (Lipinski definition) is 0. The number of fused-ring (bicyclic) bond motifs is 1. The maximum absolute atomic E-state index is 14.3. The average Bonchev–Trinajstić information content (AvgIpc) is 3.41. The molecule has 0 bridgehead atoms. The van der Waals surface area contributed by atoms with E-state index in [0.717, 1.165) is 27.8 Å². The molecule has 1 atom stereocenters. The second-order valence-corrected chi connectivity index (χ2v) is 12.4. The Morgan fingerprint density at radius 3 is 2.30 bits per heavy atom. The zero-order valence-corrected chi connectivity index (χ0v) is 27.6. The molecule has 2 heterocycles. The number of methoxy groups -OCH3 is 1. The molecule has 1 aliphatic heterocycles. The summed E-state index contributed by atoms with van der Waals surface area (Å²) >= 11 is 1.28. The number of thiazole rings is 1. The van der Waals surface area contributed by atoms with Crippen molar-refractivity contribution in [2.45, 2.75) is 39.3 Å². The van der Waals surface area contributed by atoms with Crippen LogP contribution in [-0.4, -0.2) is 24.3 Å². The van der Waals surface area contributed by atoms with Crippen LogP contribution in [-0.2, 0) is 16.1 Å². The summed E-state index contributed by atoms with van der Waals surface area (Å²) in [6.45, 7) is 6.63. The Kier molecular flexibility index (Phi) is 9.50. The molecule has 0 saturated heterocycles. The molecule has 0 radical (unpaired) electrons. The van der Waals surface area contributed by atoms with Crippen molar-refractivity contribution in [1.29, 1.82) is 0 Å². The molecule has 0 fully saturated rings. The van der Waals surface area contributed by atoms with Gasteiger partial charge in [0.05, 0.1) is 35.6 Å². The largest absolute Gasteiger partial charge is 0.493 e. The fraction of sp³-hybridized carbons (Fsp3) is 0.205. The number of carbonyl (C=O) groups excluding carboxylic acids is 1. The lowest BCUT2D eigenvalue weighted by Gasteiger charge is -2.26. The lowest BCUT2D eigenvalue weighted by Crippen LogP contribution is -2.40.